The highest BCUT2D eigenvalue weighted by Gasteiger charge is 2.47. The average molecular weight is 1950 g/mol. The van der Waals surface area contributed by atoms with Gasteiger partial charge in [-0.3, -0.25) is 65.2 Å². The number of urea groups is 7. The summed E-state index contributed by atoms with van der Waals surface area (Å²) in [7, 11) is 0. The van der Waals surface area contributed by atoms with Crippen LogP contribution in [0.1, 0.15) is 291 Å². The summed E-state index contributed by atoms with van der Waals surface area (Å²) in [6.45, 7) is 34.3. The number of unbranched alkanes of at least 4 members (excludes halogenated alkanes) is 11. The van der Waals surface area contributed by atoms with Crippen molar-refractivity contribution < 1.29 is 57.4 Å². The molecule has 4 aromatic heterocycles. The summed E-state index contributed by atoms with van der Waals surface area (Å²) >= 11 is 0. The molecule has 15 amide bonds. The minimum atomic E-state index is -0.485. The van der Waals surface area contributed by atoms with Crippen molar-refractivity contribution in [3.05, 3.63) is 178 Å². The van der Waals surface area contributed by atoms with Gasteiger partial charge in [0.05, 0.1) is 24.3 Å². The number of hydrogen-bond acceptors (Lipinski definition) is 20. The summed E-state index contributed by atoms with van der Waals surface area (Å²) in [5.41, 5.74) is 1.75. The number of aromatic nitrogens is 8. The molecular weight excluding hydrogens is 1800 g/mol. The molecular formula is C102H147N23O16. The van der Waals surface area contributed by atoms with Crippen LogP contribution in [0, 0.1) is 71.0 Å². The molecule has 39 nitrogen and oxygen atoms in total. The second-order valence-corrected chi connectivity index (χ2v) is 43.7. The molecule has 4 aliphatic rings. The second-order valence-electron chi connectivity index (χ2n) is 43.7. The number of nitrogens with zero attached hydrogens (tertiary/aromatic N) is 4. The van der Waals surface area contributed by atoms with Crippen LogP contribution in [0.25, 0.3) is 0 Å². The average Bonchev–Trinajstić information content (AvgIpc) is 0.803. The van der Waals surface area contributed by atoms with E-state index in [0.717, 1.165) is 103 Å². The standard InChI is InChI=1S/C62H90N12O10.C40H57N11O6/c1-41-31-49(75)71-53(65-41)73-55(79)63-39-61(7)35-47(33-59(3,4)37-61)69-57(81)67-45-25-21-43(22-26-45)51(77)83-29-19-17-15-13-11-9-10-12-14-16-18-20-30-84-52(78)44-23-27-46(28-24-44)68-58(82)70-48-34-60(5,6)38-62(8,36-48)40-64-56(80)74-54-66-42(2)32-50(76)72-54;1-23-13-29(52)48-32(43-23)50-34(55)41-21-39(7)17-27(15-37(3,4)19-39)45-31(54)25-9-11-26(12-10-25)46-36(57)47-28-16-38(5,6)20-40(8,18-28)22-42-35(56)51-33-44-24(2)14-30(53)49-33/h21-28,31-32,47-48H,9-20,29-30,33-40H2,1-8H3,(H2,67,69,81)(H2,68,70,82)(H3,63,65,71,73,75,79)(H3,64,66,72,74,76,80);9-14,27-28H,15-22H2,1-8H3,(H,45,54)(H2,46,47,57)(H3,41,43,48,50,52,55)(H3,42,44,49,51,53,56). The zero-order valence-corrected chi connectivity index (χ0v) is 84.6. The molecule has 11 rings (SSSR count). The van der Waals surface area contributed by atoms with Crippen molar-refractivity contribution in [3.8, 4) is 0 Å². The van der Waals surface area contributed by atoms with E-state index >= 15 is 0 Å². The Morgan fingerprint density at radius 1 is 0.291 bits per heavy atom. The number of ether oxygens (including phenoxy) is 2. The number of anilines is 7. The molecule has 766 valence electrons. The van der Waals surface area contributed by atoms with Crippen molar-refractivity contribution in [2.75, 3.05) is 76.6 Å². The summed E-state index contributed by atoms with van der Waals surface area (Å²) < 4.78 is 11.1. The highest BCUT2D eigenvalue weighted by molar-refractivity contribution is 5.97. The van der Waals surface area contributed by atoms with Gasteiger partial charge in [-0.1, -0.05) is 147 Å². The number of benzene rings is 3. The molecule has 39 heteroatoms. The van der Waals surface area contributed by atoms with Gasteiger partial charge in [0.15, 0.2) is 0 Å². The van der Waals surface area contributed by atoms with E-state index in [1.54, 1.807) is 100 Å². The first kappa shape index (κ1) is 109. The van der Waals surface area contributed by atoms with E-state index in [-0.39, 0.29) is 138 Å². The van der Waals surface area contributed by atoms with Crippen molar-refractivity contribution >= 4 is 101 Å². The number of carbonyl (C=O) groups excluding carboxylic acids is 10. The molecule has 4 saturated carbocycles. The molecule has 4 aliphatic carbocycles. The summed E-state index contributed by atoms with van der Waals surface area (Å²) in [6.07, 6.45) is 21.7. The van der Waals surface area contributed by atoms with Crippen molar-refractivity contribution in [2.45, 2.75) is 289 Å². The van der Waals surface area contributed by atoms with Crippen LogP contribution in [0.5, 0.6) is 0 Å². The predicted octanol–water partition coefficient (Wildman–Crippen LogP) is 16.4. The van der Waals surface area contributed by atoms with Gasteiger partial charge in [0, 0.05) is 120 Å². The maximum atomic E-state index is 13.4. The summed E-state index contributed by atoms with van der Waals surface area (Å²) in [5.74, 6) is -0.743. The largest absolute Gasteiger partial charge is 0.462 e. The zero-order valence-electron chi connectivity index (χ0n) is 84.6. The topological polar surface area (TPSA) is 553 Å². The molecule has 4 fully saturated rings. The number of nitrogens with one attached hydrogen (secondary N) is 19. The Balaban J connectivity index is 0.000000312. The van der Waals surface area contributed by atoms with E-state index in [1.807, 2.05) is 0 Å². The second kappa shape index (κ2) is 49.1. The number of amides is 15. The lowest BCUT2D eigenvalue weighted by Gasteiger charge is -2.47. The van der Waals surface area contributed by atoms with Crippen molar-refractivity contribution in [1.82, 2.24) is 82.4 Å². The molecule has 8 atom stereocenters. The lowest BCUT2D eigenvalue weighted by atomic mass is 9.62. The Kier molecular flexibility index (Phi) is 38.1. The van der Waals surface area contributed by atoms with Gasteiger partial charge in [0.25, 0.3) is 28.1 Å². The SMILES string of the molecule is Cc1cc(=O)[nH]c(NC(=O)NCC2(C)CC(NC(=O)Nc3ccc(C(=O)NC4CC(C)(C)CC(C)(CNC(=O)Nc5nc(C)cc(=O)[nH]5)C4)cc3)CC(C)(C)C2)n1.Cc1cc(=O)[nH]c(NC(=O)NCC2(C)CC(NC(=O)Nc3ccc(C(=O)OCCCCCCCCCCCCCCOC(=O)c4ccc(NC(=O)NC5CC(C)(C)CC(C)(CNC(=O)Nc6nc(C)cc(=O)[nH]6)C5)cc4)cc3)CC(C)(C)C2)n1. The smallest absolute Gasteiger partial charge is 0.338 e. The summed E-state index contributed by atoms with van der Waals surface area (Å²) in [4.78, 5) is 203. The normalized spacial score (nSPS) is 21.2. The minimum absolute atomic E-state index is 0.0693. The highest BCUT2D eigenvalue weighted by atomic mass is 16.5. The fourth-order valence-electron chi connectivity index (χ4n) is 21.7. The van der Waals surface area contributed by atoms with Crippen molar-refractivity contribution in [2.24, 2.45) is 43.3 Å². The van der Waals surface area contributed by atoms with E-state index in [1.165, 1.54) is 49.9 Å². The Morgan fingerprint density at radius 3 is 0.745 bits per heavy atom. The number of rotatable bonds is 37. The van der Waals surface area contributed by atoms with Crippen LogP contribution in [0.15, 0.2) is 116 Å². The zero-order chi connectivity index (χ0) is 103. The first-order valence-electron chi connectivity index (χ1n) is 49.1. The van der Waals surface area contributed by atoms with Crippen LogP contribution >= 0.6 is 0 Å². The van der Waals surface area contributed by atoms with Crippen LogP contribution in [-0.4, -0.2) is 163 Å². The summed E-state index contributed by atoms with van der Waals surface area (Å²) in [6, 6.07) is 21.8. The number of aryl methyl sites for hydroxylation is 4. The molecule has 4 heterocycles. The molecule has 141 heavy (non-hydrogen) atoms. The molecule has 3 aromatic carbocycles. The monoisotopic (exact) mass is 1950 g/mol. The molecule has 7 aromatic rings. The lowest BCUT2D eigenvalue weighted by molar-refractivity contribution is 0.0488. The van der Waals surface area contributed by atoms with E-state index in [0.29, 0.717) is 122 Å². The van der Waals surface area contributed by atoms with Gasteiger partial charge in [0.1, 0.15) is 0 Å². The van der Waals surface area contributed by atoms with Crippen molar-refractivity contribution in [3.63, 3.8) is 0 Å². The number of esters is 2. The van der Waals surface area contributed by atoms with E-state index in [9.17, 15) is 67.1 Å². The third-order valence-electron chi connectivity index (χ3n) is 25.9. The molecule has 0 aliphatic heterocycles. The van der Waals surface area contributed by atoms with E-state index < -0.39 is 36.1 Å². The Morgan fingerprint density at radius 2 is 0.511 bits per heavy atom. The maximum absolute atomic E-state index is 13.4. The molecule has 0 saturated heterocycles. The quantitative estimate of drug-likeness (QED) is 0.0127. The third-order valence-corrected chi connectivity index (χ3v) is 25.9. The van der Waals surface area contributed by atoms with Crippen LogP contribution < -0.4 is 102 Å². The van der Waals surface area contributed by atoms with Gasteiger partial charge >= 0.3 is 54.2 Å². The number of carbonyl (C=O) groups is 10. The van der Waals surface area contributed by atoms with Gasteiger partial charge < -0.3 is 68.0 Å². The van der Waals surface area contributed by atoms with E-state index in [2.05, 4.69) is 203 Å². The molecule has 0 radical (unpaired) electrons. The summed E-state index contributed by atoms with van der Waals surface area (Å²) in [5, 5.41) is 43.1. The van der Waals surface area contributed by atoms with Gasteiger partial charge in [-0.2, -0.15) is 0 Å². The van der Waals surface area contributed by atoms with Crippen LogP contribution in [0.3, 0.4) is 0 Å². The third kappa shape index (κ3) is 37.9. The maximum Gasteiger partial charge on any atom is 0.338 e. The fourth-order valence-corrected chi connectivity index (χ4v) is 21.7. The van der Waals surface area contributed by atoms with Gasteiger partial charge in [0.2, 0.25) is 23.8 Å². The number of hydrogen-bond donors (Lipinski definition) is 19. The number of aromatic amines is 4. The first-order chi connectivity index (χ1) is 66.4. The van der Waals surface area contributed by atoms with Gasteiger partial charge in [-0.05, 0) is 234 Å². The van der Waals surface area contributed by atoms with Gasteiger partial charge in [-0.25, -0.2) is 63.1 Å². The lowest BCUT2D eigenvalue weighted by Crippen LogP contribution is -2.51. The van der Waals surface area contributed by atoms with Crippen LogP contribution in [0.2, 0.25) is 0 Å². The molecule has 19 N–H and O–H groups in total. The van der Waals surface area contributed by atoms with E-state index in [4.69, 9.17) is 9.47 Å². The number of H-pyrrole nitrogens is 4. The predicted molar refractivity (Wildman–Crippen MR) is 544 cm³/mol. The van der Waals surface area contributed by atoms with Crippen LogP contribution in [0.4, 0.5) is 74.4 Å². The molecule has 0 spiro atoms. The molecule has 8 unspecified atom stereocenters. The Bertz CT molecular complexity index is 5560. The first-order valence-corrected chi connectivity index (χ1v) is 49.1. The minimum Gasteiger partial charge on any atom is -0.462 e. The van der Waals surface area contributed by atoms with Gasteiger partial charge in [-0.15, -0.1) is 0 Å². The Hall–Kier alpha value is -13.5. The fraction of sp³-hybridized carbons (Fsp3) is 0.569. The van der Waals surface area contributed by atoms with Crippen molar-refractivity contribution in [1.29, 1.82) is 0 Å². The Labute approximate surface area is 823 Å². The van der Waals surface area contributed by atoms with Crippen LogP contribution in [-0.2, 0) is 9.47 Å². The molecule has 0 bridgehead atoms. The highest BCUT2D eigenvalue weighted by Crippen LogP contribution is 2.50.